The van der Waals surface area contributed by atoms with Crippen molar-refractivity contribution in [3.05, 3.63) is 125 Å². The summed E-state index contributed by atoms with van der Waals surface area (Å²) in [7, 11) is 0. The number of carbonyl (C=O) groups is 1. The van der Waals surface area contributed by atoms with Crippen LogP contribution in [0.25, 0.3) is 28.0 Å². The minimum absolute atomic E-state index is 0.120. The standard InChI is InChI=1S/C35H33ClN2O3/c1-5-24(30-10-8-9-11-31(30)36)22-29(6-2)37-32-23(4)38-41-33(32)27-14-12-25(13-15-27)26-16-18-28(19-17-26)35(20-21-35)34(39)40-7-3/h5-6,8-19,22,37H,1,7,20-21H2,2-4H3/b24-22+,29-6+. The number of aryl methyl sites for hydroxylation is 1. The van der Waals surface area contributed by atoms with Crippen molar-refractivity contribution in [2.75, 3.05) is 11.9 Å². The van der Waals surface area contributed by atoms with Crippen LogP contribution in [0.4, 0.5) is 5.69 Å². The van der Waals surface area contributed by atoms with Crippen LogP contribution in [0.2, 0.25) is 5.02 Å². The predicted molar refractivity (Wildman–Crippen MR) is 167 cm³/mol. The Morgan fingerprint density at radius 1 is 1.05 bits per heavy atom. The summed E-state index contributed by atoms with van der Waals surface area (Å²) in [6.45, 7) is 10.1. The first-order valence-electron chi connectivity index (χ1n) is 13.8. The molecule has 6 heteroatoms. The van der Waals surface area contributed by atoms with Crippen molar-refractivity contribution in [3.63, 3.8) is 0 Å². The molecule has 208 valence electrons. The number of aromatic nitrogens is 1. The second kappa shape index (κ2) is 12.0. The number of anilines is 1. The van der Waals surface area contributed by atoms with Gasteiger partial charge in [0.2, 0.25) is 0 Å². The van der Waals surface area contributed by atoms with Gasteiger partial charge in [0, 0.05) is 21.8 Å². The summed E-state index contributed by atoms with van der Waals surface area (Å²) >= 11 is 6.44. The molecule has 3 aromatic carbocycles. The number of carbonyl (C=O) groups excluding carboxylic acids is 1. The van der Waals surface area contributed by atoms with Crippen LogP contribution in [-0.4, -0.2) is 17.7 Å². The van der Waals surface area contributed by atoms with Crippen LogP contribution in [0, 0.1) is 6.92 Å². The smallest absolute Gasteiger partial charge is 0.316 e. The molecule has 0 unspecified atom stereocenters. The molecule has 1 aromatic heterocycles. The number of rotatable bonds is 10. The molecule has 1 heterocycles. The Balaban J connectivity index is 1.36. The third-order valence-corrected chi connectivity index (χ3v) is 7.82. The highest BCUT2D eigenvalue weighted by Gasteiger charge is 2.52. The molecule has 0 bridgehead atoms. The zero-order valence-electron chi connectivity index (χ0n) is 23.5. The number of halogens is 1. The van der Waals surface area contributed by atoms with Crippen LogP contribution < -0.4 is 5.32 Å². The average Bonchev–Trinajstić information content (AvgIpc) is 3.74. The number of hydrogen-bond donors (Lipinski definition) is 1. The zero-order valence-corrected chi connectivity index (χ0v) is 24.3. The molecule has 0 radical (unpaired) electrons. The molecule has 5 nitrogen and oxygen atoms in total. The molecule has 4 aromatic rings. The van der Waals surface area contributed by atoms with E-state index < -0.39 is 5.41 Å². The highest BCUT2D eigenvalue weighted by molar-refractivity contribution is 6.32. The number of ether oxygens (including phenoxy) is 1. The van der Waals surface area contributed by atoms with E-state index in [0.717, 1.165) is 63.3 Å². The molecular formula is C35H33ClN2O3. The molecule has 0 saturated heterocycles. The monoisotopic (exact) mass is 564 g/mol. The summed E-state index contributed by atoms with van der Waals surface area (Å²) in [5.74, 6) is 0.533. The van der Waals surface area contributed by atoms with Gasteiger partial charge >= 0.3 is 5.97 Å². The maximum absolute atomic E-state index is 12.5. The maximum atomic E-state index is 12.5. The molecule has 1 aliphatic carbocycles. The fourth-order valence-electron chi connectivity index (χ4n) is 4.96. The Labute approximate surface area is 246 Å². The van der Waals surface area contributed by atoms with E-state index in [0.29, 0.717) is 17.4 Å². The Kier molecular flexibility index (Phi) is 8.27. The van der Waals surface area contributed by atoms with Gasteiger partial charge in [0.05, 0.1) is 12.0 Å². The Bertz CT molecular complexity index is 1620. The van der Waals surface area contributed by atoms with E-state index in [9.17, 15) is 4.79 Å². The van der Waals surface area contributed by atoms with E-state index >= 15 is 0 Å². The van der Waals surface area contributed by atoms with Gasteiger partial charge in [-0.05, 0) is 68.0 Å². The molecule has 5 rings (SSSR count). The van der Waals surface area contributed by atoms with Crippen molar-refractivity contribution in [1.82, 2.24) is 5.16 Å². The van der Waals surface area contributed by atoms with Gasteiger partial charge in [-0.25, -0.2) is 0 Å². The lowest BCUT2D eigenvalue weighted by Gasteiger charge is -2.14. The average molecular weight is 565 g/mol. The van der Waals surface area contributed by atoms with Gasteiger partial charge in [-0.15, -0.1) is 0 Å². The molecule has 1 aliphatic rings. The number of benzene rings is 3. The molecule has 0 atom stereocenters. The van der Waals surface area contributed by atoms with Crippen LogP contribution in [-0.2, 0) is 14.9 Å². The first-order valence-corrected chi connectivity index (χ1v) is 14.1. The van der Waals surface area contributed by atoms with Gasteiger partial charge in [0.1, 0.15) is 11.4 Å². The lowest BCUT2D eigenvalue weighted by atomic mass is 9.93. The van der Waals surface area contributed by atoms with E-state index in [1.807, 2.05) is 81.5 Å². The van der Waals surface area contributed by atoms with Crippen molar-refractivity contribution in [1.29, 1.82) is 0 Å². The molecule has 1 N–H and O–H groups in total. The quantitative estimate of drug-likeness (QED) is 0.154. The van der Waals surface area contributed by atoms with Crippen molar-refractivity contribution in [3.8, 4) is 22.5 Å². The summed E-state index contributed by atoms with van der Waals surface area (Å²) < 4.78 is 11.1. The minimum Gasteiger partial charge on any atom is -0.465 e. The third kappa shape index (κ3) is 5.77. The first-order chi connectivity index (χ1) is 19.9. The van der Waals surface area contributed by atoms with Gasteiger partial charge in [-0.2, -0.15) is 0 Å². The Morgan fingerprint density at radius 2 is 1.68 bits per heavy atom. The van der Waals surface area contributed by atoms with Crippen molar-refractivity contribution in [2.45, 2.75) is 39.0 Å². The predicted octanol–water partition coefficient (Wildman–Crippen LogP) is 9.15. The number of hydrogen-bond acceptors (Lipinski definition) is 5. The van der Waals surface area contributed by atoms with Crippen LogP contribution in [0.1, 0.15) is 43.5 Å². The van der Waals surface area contributed by atoms with Gasteiger partial charge in [-0.1, -0.05) is 102 Å². The van der Waals surface area contributed by atoms with Crippen LogP contribution in [0.5, 0.6) is 0 Å². The fourth-order valence-corrected chi connectivity index (χ4v) is 5.20. The molecule has 0 amide bonds. The number of allylic oxidation sites excluding steroid dienone is 4. The van der Waals surface area contributed by atoms with E-state index in [-0.39, 0.29) is 5.97 Å². The van der Waals surface area contributed by atoms with E-state index in [2.05, 4.69) is 41.3 Å². The molecular weight excluding hydrogens is 532 g/mol. The summed E-state index contributed by atoms with van der Waals surface area (Å²) in [5, 5.41) is 8.39. The van der Waals surface area contributed by atoms with Crippen LogP contribution in [0.15, 0.2) is 108 Å². The van der Waals surface area contributed by atoms with Crippen molar-refractivity contribution < 1.29 is 14.1 Å². The molecule has 1 fully saturated rings. The molecule has 41 heavy (non-hydrogen) atoms. The Hall–Kier alpha value is -4.35. The normalized spacial score (nSPS) is 14.4. The Morgan fingerprint density at radius 3 is 2.27 bits per heavy atom. The number of nitrogens with zero attached hydrogens (tertiary/aromatic N) is 1. The molecule has 0 spiro atoms. The van der Waals surface area contributed by atoms with Gasteiger partial charge in [0.15, 0.2) is 5.76 Å². The summed E-state index contributed by atoms with van der Waals surface area (Å²) in [4.78, 5) is 12.5. The SMILES string of the molecule is C=C/C(=C\C(=C/C)Nc1c(C)noc1-c1ccc(-c2ccc(C3(C(=O)OCC)CC3)cc2)cc1)c1ccccc1Cl. The minimum atomic E-state index is -0.466. The van der Waals surface area contributed by atoms with Gasteiger partial charge < -0.3 is 14.6 Å². The van der Waals surface area contributed by atoms with E-state index in [1.165, 1.54) is 0 Å². The third-order valence-electron chi connectivity index (χ3n) is 7.49. The highest BCUT2D eigenvalue weighted by atomic mass is 35.5. The van der Waals surface area contributed by atoms with E-state index in [4.69, 9.17) is 20.9 Å². The maximum Gasteiger partial charge on any atom is 0.316 e. The second-order valence-corrected chi connectivity index (χ2v) is 10.5. The van der Waals surface area contributed by atoms with Crippen LogP contribution >= 0.6 is 11.6 Å². The second-order valence-electron chi connectivity index (χ2n) is 10.1. The summed E-state index contributed by atoms with van der Waals surface area (Å²) in [6, 6.07) is 24.1. The molecule has 1 saturated carbocycles. The van der Waals surface area contributed by atoms with Crippen molar-refractivity contribution >= 4 is 28.8 Å². The summed E-state index contributed by atoms with van der Waals surface area (Å²) in [5.41, 5.74) is 7.82. The fraction of sp³-hybridized carbons (Fsp3) is 0.200. The largest absolute Gasteiger partial charge is 0.465 e. The topological polar surface area (TPSA) is 64.4 Å². The lowest BCUT2D eigenvalue weighted by Crippen LogP contribution is -2.23. The first kappa shape index (κ1) is 28.2. The van der Waals surface area contributed by atoms with Gasteiger partial charge in [0.25, 0.3) is 0 Å². The molecule has 0 aliphatic heterocycles. The highest BCUT2D eigenvalue weighted by Crippen LogP contribution is 2.49. The number of nitrogens with one attached hydrogen (secondary N) is 1. The van der Waals surface area contributed by atoms with Gasteiger partial charge in [-0.3, -0.25) is 4.79 Å². The lowest BCUT2D eigenvalue weighted by molar-refractivity contribution is -0.146. The van der Waals surface area contributed by atoms with Crippen molar-refractivity contribution in [2.24, 2.45) is 0 Å². The van der Waals surface area contributed by atoms with Crippen LogP contribution in [0.3, 0.4) is 0 Å². The summed E-state index contributed by atoms with van der Waals surface area (Å²) in [6.07, 6.45) is 7.46. The number of esters is 1. The zero-order chi connectivity index (χ0) is 29.0. The van der Waals surface area contributed by atoms with E-state index in [1.54, 1.807) is 6.08 Å².